The number of nitrogens with zero attached hydrogens (tertiary/aromatic N) is 1. The number of halogens is 1. The maximum absolute atomic E-state index is 13.7. The molecule has 60 heavy (non-hydrogen) atoms. The SMILES string of the molecule is C#CC1=CC2c3cc(-c4ccncc4C)cc(-c4ccc(F)cc4)c3CCC2C(C)C1=O.CC(C)=CCCCC1CCC2C1(C)CCC1C3(C)CCC(O)CC3=CCC12C. The van der Waals surface area contributed by atoms with E-state index in [0.717, 1.165) is 71.3 Å². The Kier molecular flexibility index (Phi) is 11.8. The van der Waals surface area contributed by atoms with Gasteiger partial charge in [0.2, 0.25) is 0 Å². The van der Waals surface area contributed by atoms with Crippen LogP contribution in [-0.4, -0.2) is 22.0 Å². The Hall–Kier alpha value is -4.07. The molecular formula is C56H68FNO2. The topological polar surface area (TPSA) is 50.2 Å². The minimum atomic E-state index is -0.245. The van der Waals surface area contributed by atoms with Crippen molar-refractivity contribution in [2.75, 3.05) is 0 Å². The Labute approximate surface area is 360 Å². The Morgan fingerprint density at radius 2 is 1.75 bits per heavy atom. The van der Waals surface area contributed by atoms with Crippen LogP contribution in [0.5, 0.6) is 0 Å². The van der Waals surface area contributed by atoms with Gasteiger partial charge in [0.15, 0.2) is 5.78 Å². The molecule has 2 aromatic carbocycles. The van der Waals surface area contributed by atoms with E-state index in [-0.39, 0.29) is 35.5 Å². The van der Waals surface area contributed by atoms with Crippen LogP contribution in [0.3, 0.4) is 0 Å². The van der Waals surface area contributed by atoms with Gasteiger partial charge < -0.3 is 5.11 Å². The van der Waals surface area contributed by atoms with Crippen LogP contribution in [0.4, 0.5) is 4.39 Å². The molecule has 0 saturated heterocycles. The molecule has 3 fully saturated rings. The number of aromatic nitrogens is 1. The van der Waals surface area contributed by atoms with Crippen LogP contribution in [0.2, 0.25) is 0 Å². The van der Waals surface area contributed by atoms with Gasteiger partial charge in [0, 0.05) is 24.2 Å². The standard InChI is InChI=1S/C29H24FNO.C27H44O/c1-4-19-13-27-24(18(3)29(19)32)9-10-25-26(20-5-7-22(30)8-6-20)14-21(15-28(25)27)23-11-12-31-16-17(23)2;1-19(2)8-6-7-9-20-10-11-23-25(20,3)17-14-24-26(4)16-13-22(28)18-21(26)12-15-27(23,24)5/h1,5-8,11-16,18,24,27H,9-10H2,2-3H3;8,12,20,22-24,28H,6-7,9-11,13-18H2,1-5H3. The number of ketones is 1. The van der Waals surface area contributed by atoms with Crippen LogP contribution in [0.15, 0.2) is 89.8 Å². The highest BCUT2D eigenvalue weighted by atomic mass is 19.1. The molecular weight excluding hydrogens is 738 g/mol. The van der Waals surface area contributed by atoms with E-state index in [1.54, 1.807) is 11.8 Å². The lowest BCUT2D eigenvalue weighted by Crippen LogP contribution is -2.55. The lowest BCUT2D eigenvalue weighted by atomic mass is 9.41. The number of fused-ring (bicyclic) bond motifs is 8. The van der Waals surface area contributed by atoms with E-state index >= 15 is 0 Å². The summed E-state index contributed by atoms with van der Waals surface area (Å²) in [6.45, 7) is 16.4. The summed E-state index contributed by atoms with van der Waals surface area (Å²) >= 11 is 0. The molecule has 1 aromatic heterocycles. The van der Waals surface area contributed by atoms with Crippen molar-refractivity contribution in [2.45, 2.75) is 144 Å². The molecule has 0 aliphatic heterocycles. The fraction of sp³-hybridized carbons (Fsp3) is 0.536. The highest BCUT2D eigenvalue weighted by Crippen LogP contribution is 2.71. The van der Waals surface area contributed by atoms with E-state index in [0.29, 0.717) is 21.8 Å². The Balaban J connectivity index is 0.000000168. The predicted octanol–water partition coefficient (Wildman–Crippen LogP) is 13.7. The lowest BCUT2D eigenvalue weighted by Gasteiger charge is -2.63. The van der Waals surface area contributed by atoms with Crippen LogP contribution < -0.4 is 0 Å². The molecule has 9 rings (SSSR count). The van der Waals surface area contributed by atoms with E-state index < -0.39 is 0 Å². The zero-order valence-corrected chi connectivity index (χ0v) is 37.4. The average molecular weight is 806 g/mol. The summed E-state index contributed by atoms with van der Waals surface area (Å²) in [5.74, 6) is 5.36. The van der Waals surface area contributed by atoms with Crippen LogP contribution >= 0.6 is 0 Å². The second-order valence-electron chi connectivity index (χ2n) is 20.8. The van der Waals surface area contributed by atoms with E-state index in [2.05, 4.69) is 76.7 Å². The largest absolute Gasteiger partial charge is 0.393 e. The van der Waals surface area contributed by atoms with Crippen molar-refractivity contribution in [3.8, 4) is 34.6 Å². The number of Topliss-reactive ketones (excluding diaryl/α,β-unsaturated/α-hetero) is 1. The molecule has 0 radical (unpaired) electrons. The number of aliphatic hydroxyl groups excluding tert-OH is 1. The molecule has 1 heterocycles. The number of aliphatic hydroxyl groups is 1. The van der Waals surface area contributed by atoms with Crippen molar-refractivity contribution in [2.24, 2.45) is 45.8 Å². The Bertz CT molecular complexity index is 2250. The number of terminal acetylenes is 1. The molecule has 6 aliphatic rings. The zero-order chi connectivity index (χ0) is 42.6. The monoisotopic (exact) mass is 806 g/mol. The minimum absolute atomic E-state index is 0.0806. The summed E-state index contributed by atoms with van der Waals surface area (Å²) < 4.78 is 13.7. The van der Waals surface area contributed by atoms with Gasteiger partial charge in [0.05, 0.1) is 11.7 Å². The van der Waals surface area contributed by atoms with Crippen molar-refractivity contribution < 1.29 is 14.3 Å². The Morgan fingerprint density at radius 1 is 0.967 bits per heavy atom. The van der Waals surface area contributed by atoms with Crippen LogP contribution in [0.1, 0.15) is 141 Å². The number of aryl methyl sites for hydroxylation is 1. The molecule has 3 saturated carbocycles. The first-order valence-corrected chi connectivity index (χ1v) is 23.2. The molecule has 316 valence electrons. The molecule has 0 bridgehead atoms. The number of hydrogen-bond donors (Lipinski definition) is 1. The van der Waals surface area contributed by atoms with E-state index in [4.69, 9.17) is 6.42 Å². The summed E-state index contributed by atoms with van der Waals surface area (Å²) in [6, 6.07) is 13.2. The number of carbonyl (C=O) groups is 1. The second-order valence-corrected chi connectivity index (χ2v) is 20.8. The summed E-state index contributed by atoms with van der Waals surface area (Å²) in [5.41, 5.74) is 12.9. The first kappa shape index (κ1) is 42.6. The van der Waals surface area contributed by atoms with Gasteiger partial charge in [-0.25, -0.2) is 4.39 Å². The minimum Gasteiger partial charge on any atom is -0.393 e. The van der Waals surface area contributed by atoms with Crippen molar-refractivity contribution in [3.05, 3.63) is 112 Å². The summed E-state index contributed by atoms with van der Waals surface area (Å²) in [7, 11) is 0. The number of benzene rings is 2. The van der Waals surface area contributed by atoms with Gasteiger partial charge in [0.25, 0.3) is 0 Å². The normalized spacial score (nSPS) is 33.9. The third kappa shape index (κ3) is 7.50. The third-order valence-corrected chi connectivity index (χ3v) is 17.3. The fourth-order valence-electron chi connectivity index (χ4n) is 14.1. The van der Waals surface area contributed by atoms with Gasteiger partial charge in [-0.1, -0.05) is 81.2 Å². The molecule has 10 unspecified atom stereocenters. The van der Waals surface area contributed by atoms with E-state index in [9.17, 15) is 14.3 Å². The highest BCUT2D eigenvalue weighted by molar-refractivity contribution is 6.02. The summed E-state index contributed by atoms with van der Waals surface area (Å²) in [4.78, 5) is 17.0. The lowest BCUT2D eigenvalue weighted by molar-refractivity contribution is -0.120. The Morgan fingerprint density at radius 3 is 2.48 bits per heavy atom. The first-order valence-electron chi connectivity index (χ1n) is 23.2. The van der Waals surface area contributed by atoms with Crippen LogP contribution in [-0.2, 0) is 11.2 Å². The molecule has 3 aromatic rings. The van der Waals surface area contributed by atoms with E-state index in [1.807, 2.05) is 37.4 Å². The smallest absolute Gasteiger partial charge is 0.174 e. The van der Waals surface area contributed by atoms with Crippen molar-refractivity contribution in [3.63, 3.8) is 0 Å². The number of carbonyl (C=O) groups excluding carboxylic acids is 1. The molecule has 4 heteroatoms. The maximum Gasteiger partial charge on any atom is 0.174 e. The van der Waals surface area contributed by atoms with Crippen LogP contribution in [0.25, 0.3) is 22.3 Å². The first-order chi connectivity index (χ1) is 28.7. The third-order valence-electron chi connectivity index (χ3n) is 17.3. The van der Waals surface area contributed by atoms with Crippen molar-refractivity contribution in [1.29, 1.82) is 0 Å². The molecule has 6 aliphatic carbocycles. The number of pyridine rings is 1. The number of allylic oxidation sites excluding steroid dienone is 5. The number of unbranched alkanes of at least 4 members (excludes halogenated alkanes) is 1. The number of hydrogen-bond acceptors (Lipinski definition) is 3. The van der Waals surface area contributed by atoms with Gasteiger partial charge >= 0.3 is 0 Å². The fourth-order valence-corrected chi connectivity index (χ4v) is 14.1. The highest BCUT2D eigenvalue weighted by Gasteiger charge is 2.63. The van der Waals surface area contributed by atoms with Gasteiger partial charge in [0.1, 0.15) is 5.82 Å². The molecule has 10 atom stereocenters. The molecule has 3 nitrogen and oxygen atoms in total. The van der Waals surface area contributed by atoms with Crippen molar-refractivity contribution >= 4 is 5.78 Å². The predicted molar refractivity (Wildman–Crippen MR) is 245 cm³/mol. The van der Waals surface area contributed by atoms with E-state index in [1.165, 1.54) is 86.6 Å². The number of rotatable bonds is 6. The molecule has 0 spiro atoms. The zero-order valence-electron chi connectivity index (χ0n) is 37.4. The average Bonchev–Trinajstić information content (AvgIpc) is 3.58. The summed E-state index contributed by atoms with van der Waals surface area (Å²) in [6.07, 6.45) is 32.4. The van der Waals surface area contributed by atoms with Gasteiger partial charge in [-0.15, -0.1) is 6.42 Å². The second kappa shape index (κ2) is 16.7. The summed E-state index contributed by atoms with van der Waals surface area (Å²) in [5, 5.41) is 10.2. The van der Waals surface area contributed by atoms with Crippen molar-refractivity contribution in [1.82, 2.24) is 4.98 Å². The molecule has 1 N–H and O–H groups in total. The molecule has 0 amide bonds. The maximum atomic E-state index is 13.7. The van der Waals surface area contributed by atoms with Crippen LogP contribution in [0, 0.1) is 70.9 Å². The van der Waals surface area contributed by atoms with Gasteiger partial charge in [-0.05, 0) is 207 Å². The van der Waals surface area contributed by atoms with Gasteiger partial charge in [-0.3, -0.25) is 9.78 Å². The van der Waals surface area contributed by atoms with Gasteiger partial charge in [-0.2, -0.15) is 0 Å². The quantitative estimate of drug-likeness (QED) is 0.153.